The summed E-state index contributed by atoms with van der Waals surface area (Å²) in [6, 6.07) is 10.4. The fourth-order valence-corrected chi connectivity index (χ4v) is 4.23. The first-order valence-electron chi connectivity index (χ1n) is 6.56. The maximum Gasteiger partial charge on any atom is 0.335 e. The summed E-state index contributed by atoms with van der Waals surface area (Å²) in [5.74, 6) is 0.633. The highest BCUT2D eigenvalue weighted by Crippen LogP contribution is 2.29. The van der Waals surface area contributed by atoms with Crippen molar-refractivity contribution in [2.45, 2.75) is 18.2 Å². The van der Waals surface area contributed by atoms with Gasteiger partial charge in [-0.1, -0.05) is 42.8 Å². The topological polar surface area (TPSA) is 53.8 Å². The molecule has 4 nitrogen and oxygen atoms in total. The van der Waals surface area contributed by atoms with E-state index in [0.29, 0.717) is 22.7 Å². The van der Waals surface area contributed by atoms with Gasteiger partial charge < -0.3 is 0 Å². The van der Waals surface area contributed by atoms with Crippen molar-refractivity contribution in [2.24, 2.45) is 0 Å². The van der Waals surface area contributed by atoms with Crippen LogP contribution in [0.3, 0.4) is 0 Å². The first-order chi connectivity index (χ1) is 10.1. The molecule has 21 heavy (non-hydrogen) atoms. The molecule has 0 unspecified atom stereocenters. The van der Waals surface area contributed by atoms with Gasteiger partial charge in [0, 0.05) is 22.2 Å². The highest BCUT2D eigenvalue weighted by molar-refractivity contribution is 7.85. The van der Waals surface area contributed by atoms with E-state index >= 15 is 0 Å². The number of rotatable bonds is 3. The predicted octanol–water partition coefficient (Wildman–Crippen LogP) is 2.91. The molecule has 0 aliphatic heterocycles. The molecule has 2 aromatic carbocycles. The Morgan fingerprint density at radius 2 is 1.86 bits per heavy atom. The maximum absolute atomic E-state index is 12.9. The number of nitrogens with one attached hydrogen (secondary N) is 1. The molecule has 3 rings (SSSR count). The second kappa shape index (κ2) is 5.16. The first kappa shape index (κ1) is 14.1. The summed E-state index contributed by atoms with van der Waals surface area (Å²) in [5, 5.41) is 1.90. The Labute approximate surface area is 128 Å². The van der Waals surface area contributed by atoms with Gasteiger partial charge in [-0.2, -0.15) is 8.42 Å². The van der Waals surface area contributed by atoms with E-state index in [1.807, 2.05) is 19.1 Å². The number of imidazole rings is 1. The van der Waals surface area contributed by atoms with Gasteiger partial charge in [-0.3, -0.25) is 0 Å². The van der Waals surface area contributed by atoms with E-state index in [-0.39, 0.29) is 4.90 Å². The van der Waals surface area contributed by atoms with Gasteiger partial charge in [0.25, 0.3) is 5.82 Å². The number of aromatic amines is 1. The average Bonchev–Trinajstić information content (AvgIpc) is 2.97. The monoisotopic (exact) mass is 321 g/mol. The summed E-state index contributed by atoms with van der Waals surface area (Å²) in [6.45, 7) is 1.90. The SMILES string of the molecule is CCc1[nH]cc[n+]1S(=O)(=O)c1ccc(Cl)c2ccccc12. The number of benzene rings is 2. The lowest BCUT2D eigenvalue weighted by molar-refractivity contribution is -0.519. The smallest absolute Gasteiger partial charge is 0.247 e. The molecule has 0 fully saturated rings. The molecule has 1 aromatic heterocycles. The highest BCUT2D eigenvalue weighted by Gasteiger charge is 2.28. The van der Waals surface area contributed by atoms with Crippen LogP contribution >= 0.6 is 11.6 Å². The van der Waals surface area contributed by atoms with Crippen molar-refractivity contribution in [3.05, 3.63) is 59.6 Å². The van der Waals surface area contributed by atoms with Crippen LogP contribution in [0.2, 0.25) is 5.02 Å². The average molecular weight is 322 g/mol. The van der Waals surface area contributed by atoms with Crippen LogP contribution in [0.15, 0.2) is 53.7 Å². The Morgan fingerprint density at radius 3 is 2.57 bits per heavy atom. The number of aryl methyl sites for hydroxylation is 1. The zero-order valence-corrected chi connectivity index (χ0v) is 12.9. The van der Waals surface area contributed by atoms with Gasteiger partial charge >= 0.3 is 10.0 Å². The lowest BCUT2D eigenvalue weighted by atomic mass is 10.1. The van der Waals surface area contributed by atoms with Crippen molar-refractivity contribution < 1.29 is 12.4 Å². The summed E-state index contributed by atoms with van der Waals surface area (Å²) >= 11 is 6.15. The second-order valence-corrected chi connectivity index (χ2v) is 6.84. The molecule has 3 aromatic rings. The van der Waals surface area contributed by atoms with Gasteiger partial charge in [-0.15, -0.1) is 3.97 Å². The summed E-state index contributed by atoms with van der Waals surface area (Å²) in [6.07, 6.45) is 3.74. The Balaban J connectivity index is 2.33. The molecule has 6 heteroatoms. The Bertz CT molecular complexity index is 916. The predicted molar refractivity (Wildman–Crippen MR) is 81.9 cm³/mol. The number of H-pyrrole nitrogens is 1. The molecule has 1 N–H and O–H groups in total. The molecule has 0 saturated heterocycles. The molecule has 1 heterocycles. The van der Waals surface area contributed by atoms with E-state index in [9.17, 15) is 8.42 Å². The minimum atomic E-state index is -3.65. The van der Waals surface area contributed by atoms with Crippen LogP contribution in [0.25, 0.3) is 10.8 Å². The van der Waals surface area contributed by atoms with Gasteiger partial charge in [0.2, 0.25) is 0 Å². The fourth-order valence-electron chi connectivity index (χ4n) is 2.40. The molecule has 0 bridgehead atoms. The zero-order valence-electron chi connectivity index (χ0n) is 11.4. The molecule has 0 aliphatic rings. The summed E-state index contributed by atoms with van der Waals surface area (Å²) in [7, 11) is -3.65. The Kier molecular flexibility index (Phi) is 3.47. The van der Waals surface area contributed by atoms with Crippen LogP contribution < -0.4 is 3.97 Å². The lowest BCUT2D eigenvalue weighted by Gasteiger charge is -2.07. The van der Waals surface area contributed by atoms with Crippen LogP contribution in [0.5, 0.6) is 0 Å². The quantitative estimate of drug-likeness (QED) is 0.754. The van der Waals surface area contributed by atoms with Crippen molar-refractivity contribution in [2.75, 3.05) is 0 Å². The van der Waals surface area contributed by atoms with Crippen LogP contribution in [0.1, 0.15) is 12.7 Å². The molecule has 108 valence electrons. The lowest BCUT2D eigenvalue weighted by Crippen LogP contribution is -2.44. The minimum absolute atomic E-state index is 0.252. The van der Waals surface area contributed by atoms with Gasteiger partial charge in [0.05, 0.1) is 0 Å². The van der Waals surface area contributed by atoms with E-state index in [0.717, 1.165) is 5.39 Å². The third-order valence-corrected chi connectivity index (χ3v) is 5.53. The third-order valence-electron chi connectivity index (χ3n) is 3.43. The van der Waals surface area contributed by atoms with Crippen molar-refractivity contribution in [1.29, 1.82) is 0 Å². The number of hydrogen-bond acceptors (Lipinski definition) is 2. The Morgan fingerprint density at radius 1 is 1.14 bits per heavy atom. The van der Waals surface area contributed by atoms with E-state index in [1.165, 1.54) is 10.2 Å². The standard InChI is InChI=1S/C15H13ClN2O2S/c1-2-15-17-9-10-18(15)21(19,20)14-8-7-13(16)11-5-3-4-6-12(11)14/h3-10H,2H2,1H3/p+1. The van der Waals surface area contributed by atoms with Gasteiger partial charge in [-0.05, 0) is 12.1 Å². The van der Waals surface area contributed by atoms with Crippen LogP contribution in [-0.2, 0) is 16.4 Å². The van der Waals surface area contributed by atoms with Crippen molar-refractivity contribution in [3.63, 3.8) is 0 Å². The third kappa shape index (κ3) is 2.22. The van der Waals surface area contributed by atoms with E-state index in [2.05, 4.69) is 4.98 Å². The molecule has 0 spiro atoms. The van der Waals surface area contributed by atoms with Crippen molar-refractivity contribution in [1.82, 2.24) is 4.98 Å². The number of halogens is 1. The van der Waals surface area contributed by atoms with Gasteiger partial charge in [0.15, 0.2) is 0 Å². The molecule has 0 radical (unpaired) electrons. The van der Waals surface area contributed by atoms with Crippen LogP contribution in [0, 0.1) is 0 Å². The normalized spacial score (nSPS) is 11.9. The summed E-state index contributed by atoms with van der Waals surface area (Å²) in [4.78, 5) is 3.20. The molecular formula is C15H14ClN2O2S+. The van der Waals surface area contributed by atoms with Gasteiger partial charge in [0.1, 0.15) is 17.3 Å². The van der Waals surface area contributed by atoms with E-state index in [1.54, 1.807) is 30.5 Å². The fraction of sp³-hybridized carbons (Fsp3) is 0.133. The first-order valence-corrected chi connectivity index (χ1v) is 8.38. The molecule has 0 amide bonds. The molecule has 0 atom stereocenters. The van der Waals surface area contributed by atoms with E-state index < -0.39 is 10.0 Å². The number of aromatic nitrogens is 2. The summed E-state index contributed by atoms with van der Waals surface area (Å²) in [5.41, 5.74) is 0. The number of hydrogen-bond donors (Lipinski definition) is 1. The zero-order chi connectivity index (χ0) is 15.0. The molecule has 0 aliphatic carbocycles. The maximum atomic E-state index is 12.9. The highest BCUT2D eigenvalue weighted by atomic mass is 35.5. The minimum Gasteiger partial charge on any atom is -0.247 e. The van der Waals surface area contributed by atoms with Crippen molar-refractivity contribution in [3.8, 4) is 0 Å². The Hall–Kier alpha value is -1.85. The summed E-state index contributed by atoms with van der Waals surface area (Å²) < 4.78 is 27.1. The molecular weight excluding hydrogens is 308 g/mol. The van der Waals surface area contributed by atoms with Crippen molar-refractivity contribution >= 4 is 32.4 Å². The van der Waals surface area contributed by atoms with Crippen LogP contribution in [0.4, 0.5) is 0 Å². The molecule has 0 saturated carbocycles. The number of nitrogens with zero attached hydrogens (tertiary/aromatic N) is 1. The van der Waals surface area contributed by atoms with Gasteiger partial charge in [-0.25, -0.2) is 4.98 Å². The second-order valence-electron chi connectivity index (χ2n) is 4.65. The largest absolute Gasteiger partial charge is 0.335 e. The van der Waals surface area contributed by atoms with Crippen LogP contribution in [-0.4, -0.2) is 13.4 Å². The number of fused-ring (bicyclic) bond motifs is 1. The van der Waals surface area contributed by atoms with E-state index in [4.69, 9.17) is 11.6 Å².